The Morgan fingerprint density at radius 1 is 1.47 bits per heavy atom. The number of benzene rings is 1. The van der Waals surface area contributed by atoms with Gasteiger partial charge in [-0.3, -0.25) is 4.79 Å². The lowest BCUT2D eigenvalue weighted by Gasteiger charge is -2.25. The van der Waals surface area contributed by atoms with Gasteiger partial charge in [0.2, 0.25) is 5.91 Å². The first kappa shape index (κ1) is 14.1. The average molecular weight is 270 g/mol. The van der Waals surface area contributed by atoms with E-state index in [2.05, 4.69) is 11.9 Å². The Morgan fingerprint density at radius 3 is 2.59 bits per heavy atom. The number of hydrogen-bond acceptors (Lipinski definition) is 2. The highest BCUT2D eigenvalue weighted by molar-refractivity contribution is 7.99. The Bertz CT molecular complexity index is 400. The van der Waals surface area contributed by atoms with E-state index in [0.29, 0.717) is 0 Å². The summed E-state index contributed by atoms with van der Waals surface area (Å²) in [6, 6.07) is 7.66. The van der Waals surface area contributed by atoms with Crippen molar-refractivity contribution in [1.82, 2.24) is 5.32 Å². The van der Waals surface area contributed by atoms with E-state index >= 15 is 0 Å². The molecule has 2 nitrogen and oxygen atoms in total. The second-order valence-corrected chi connectivity index (χ2v) is 5.81. The van der Waals surface area contributed by atoms with Gasteiger partial charge in [0, 0.05) is 21.2 Å². The van der Waals surface area contributed by atoms with Crippen LogP contribution in [0.2, 0.25) is 5.02 Å². The second-order valence-electron chi connectivity index (χ2n) is 4.32. The molecule has 0 spiro atoms. The van der Waals surface area contributed by atoms with Crippen molar-refractivity contribution in [1.29, 1.82) is 0 Å². The third kappa shape index (κ3) is 5.29. The van der Waals surface area contributed by atoms with Gasteiger partial charge in [-0.25, -0.2) is 0 Å². The lowest BCUT2D eigenvalue weighted by molar-refractivity contribution is -0.117. The van der Waals surface area contributed by atoms with Gasteiger partial charge in [-0.1, -0.05) is 18.2 Å². The van der Waals surface area contributed by atoms with Crippen LogP contribution in [0, 0.1) is 0 Å². The molecule has 0 aromatic heterocycles. The van der Waals surface area contributed by atoms with Gasteiger partial charge in [-0.05, 0) is 44.2 Å². The first-order valence-electron chi connectivity index (χ1n) is 5.26. The molecule has 0 bridgehead atoms. The number of rotatable bonds is 5. The molecule has 1 N–H and O–H groups in total. The number of hydrogen-bond donors (Lipinski definition) is 1. The molecule has 0 heterocycles. The molecule has 0 aliphatic rings. The van der Waals surface area contributed by atoms with E-state index in [0.717, 1.165) is 15.7 Å². The quantitative estimate of drug-likeness (QED) is 0.655. The maximum Gasteiger partial charge on any atom is 0.243 e. The largest absolute Gasteiger partial charge is 0.347 e. The highest BCUT2D eigenvalue weighted by atomic mass is 35.5. The summed E-state index contributed by atoms with van der Waals surface area (Å²) in [4.78, 5) is 12.4. The molecule has 17 heavy (non-hydrogen) atoms. The van der Waals surface area contributed by atoms with Gasteiger partial charge in [0.15, 0.2) is 0 Å². The summed E-state index contributed by atoms with van der Waals surface area (Å²) in [7, 11) is 0. The van der Waals surface area contributed by atoms with Crippen molar-refractivity contribution in [2.75, 3.05) is 5.75 Å². The van der Waals surface area contributed by atoms with Gasteiger partial charge in [0.1, 0.15) is 0 Å². The predicted octanol–water partition coefficient (Wildman–Crippen LogP) is 3.51. The molecule has 0 atom stereocenters. The lowest BCUT2D eigenvalue weighted by atomic mass is 10.1. The maximum atomic E-state index is 11.2. The summed E-state index contributed by atoms with van der Waals surface area (Å²) in [5.74, 6) is 0.639. The van der Waals surface area contributed by atoms with Crippen LogP contribution in [0.15, 0.2) is 41.8 Å². The van der Waals surface area contributed by atoms with Crippen LogP contribution in [0.3, 0.4) is 0 Å². The highest BCUT2D eigenvalue weighted by Gasteiger charge is 2.19. The molecule has 1 aromatic rings. The van der Waals surface area contributed by atoms with E-state index in [1.807, 2.05) is 38.1 Å². The van der Waals surface area contributed by atoms with Crippen LogP contribution in [0.25, 0.3) is 0 Å². The van der Waals surface area contributed by atoms with E-state index in [-0.39, 0.29) is 11.4 Å². The molecule has 92 valence electrons. The van der Waals surface area contributed by atoms with E-state index in [4.69, 9.17) is 11.6 Å². The fourth-order valence-electron chi connectivity index (χ4n) is 1.22. The molecule has 0 aliphatic heterocycles. The van der Waals surface area contributed by atoms with Crippen molar-refractivity contribution >= 4 is 29.3 Å². The molecule has 1 aromatic carbocycles. The Morgan fingerprint density at radius 2 is 2.06 bits per heavy atom. The van der Waals surface area contributed by atoms with E-state index in [1.165, 1.54) is 6.08 Å². The topological polar surface area (TPSA) is 29.1 Å². The van der Waals surface area contributed by atoms with Crippen LogP contribution in [0.1, 0.15) is 13.8 Å². The van der Waals surface area contributed by atoms with Crippen LogP contribution in [-0.4, -0.2) is 17.2 Å². The average Bonchev–Trinajstić information content (AvgIpc) is 2.28. The normalized spacial score (nSPS) is 11.0. The molecule has 0 fully saturated rings. The molecule has 0 aliphatic carbocycles. The number of thioether (sulfide) groups is 1. The summed E-state index contributed by atoms with van der Waals surface area (Å²) in [6.45, 7) is 7.41. The zero-order valence-electron chi connectivity index (χ0n) is 10.00. The van der Waals surface area contributed by atoms with Gasteiger partial charge in [-0.2, -0.15) is 0 Å². The molecule has 0 unspecified atom stereocenters. The number of halogens is 1. The molecule has 0 saturated heterocycles. The molecule has 4 heteroatoms. The molecule has 1 amide bonds. The number of nitrogens with one attached hydrogen (secondary N) is 1. The molecule has 0 radical (unpaired) electrons. The van der Waals surface area contributed by atoms with Crippen LogP contribution in [0.4, 0.5) is 0 Å². The molecular weight excluding hydrogens is 254 g/mol. The SMILES string of the molecule is C=CC(=O)NC(C)(C)CSc1ccc(Cl)cc1. The minimum absolute atomic E-state index is 0.147. The third-order valence-electron chi connectivity index (χ3n) is 2.06. The zero-order valence-corrected chi connectivity index (χ0v) is 11.6. The van der Waals surface area contributed by atoms with Gasteiger partial charge in [-0.15, -0.1) is 11.8 Å². The standard InChI is InChI=1S/C13H16ClNOS/c1-4-12(16)15-13(2,3)9-17-11-7-5-10(14)6-8-11/h4-8H,1,9H2,2-3H3,(H,15,16). The second kappa shape index (κ2) is 6.12. The summed E-state index contributed by atoms with van der Waals surface area (Å²) < 4.78 is 0. The van der Waals surface area contributed by atoms with E-state index in [9.17, 15) is 4.79 Å². The molecule has 1 rings (SSSR count). The van der Waals surface area contributed by atoms with Crippen molar-refractivity contribution in [2.45, 2.75) is 24.3 Å². The summed E-state index contributed by atoms with van der Waals surface area (Å²) in [5.41, 5.74) is -0.268. The molecular formula is C13H16ClNOS. The third-order valence-corrected chi connectivity index (χ3v) is 3.78. The Kier molecular flexibility index (Phi) is 5.09. The minimum atomic E-state index is -0.268. The fourth-order valence-corrected chi connectivity index (χ4v) is 2.27. The van der Waals surface area contributed by atoms with Crippen LogP contribution < -0.4 is 5.32 Å². The maximum absolute atomic E-state index is 11.2. The Hall–Kier alpha value is -0.930. The predicted molar refractivity (Wildman–Crippen MR) is 74.6 cm³/mol. The van der Waals surface area contributed by atoms with E-state index in [1.54, 1.807) is 11.8 Å². The smallest absolute Gasteiger partial charge is 0.243 e. The first-order valence-corrected chi connectivity index (χ1v) is 6.62. The zero-order chi connectivity index (χ0) is 12.9. The van der Waals surface area contributed by atoms with E-state index < -0.39 is 0 Å². The summed E-state index contributed by atoms with van der Waals surface area (Å²) >= 11 is 7.49. The van der Waals surface area contributed by atoms with Crippen LogP contribution >= 0.6 is 23.4 Å². The minimum Gasteiger partial charge on any atom is -0.347 e. The van der Waals surface area contributed by atoms with Crippen molar-refractivity contribution in [3.63, 3.8) is 0 Å². The van der Waals surface area contributed by atoms with Gasteiger partial charge in [0.05, 0.1) is 0 Å². The van der Waals surface area contributed by atoms with Gasteiger partial charge >= 0.3 is 0 Å². The van der Waals surface area contributed by atoms with Gasteiger partial charge in [0.25, 0.3) is 0 Å². The van der Waals surface area contributed by atoms with Crippen LogP contribution in [0.5, 0.6) is 0 Å². The van der Waals surface area contributed by atoms with Crippen molar-refractivity contribution in [3.8, 4) is 0 Å². The summed E-state index contributed by atoms with van der Waals surface area (Å²) in [5, 5.41) is 3.61. The van der Waals surface area contributed by atoms with Gasteiger partial charge < -0.3 is 5.32 Å². The van der Waals surface area contributed by atoms with Crippen molar-refractivity contribution in [2.24, 2.45) is 0 Å². The molecule has 0 saturated carbocycles. The van der Waals surface area contributed by atoms with Crippen molar-refractivity contribution < 1.29 is 4.79 Å². The Labute approximate surface area is 111 Å². The van der Waals surface area contributed by atoms with Crippen molar-refractivity contribution in [3.05, 3.63) is 41.9 Å². The number of carbonyl (C=O) groups is 1. The Balaban J connectivity index is 2.51. The monoisotopic (exact) mass is 269 g/mol. The highest BCUT2D eigenvalue weighted by Crippen LogP contribution is 2.23. The van der Waals surface area contributed by atoms with Crippen LogP contribution in [-0.2, 0) is 4.79 Å². The number of amides is 1. The summed E-state index contributed by atoms with van der Waals surface area (Å²) in [6.07, 6.45) is 1.29. The lowest BCUT2D eigenvalue weighted by Crippen LogP contribution is -2.44. The number of carbonyl (C=O) groups excluding carboxylic acids is 1. The first-order chi connectivity index (χ1) is 7.93. The fraction of sp³-hybridized carbons (Fsp3) is 0.308.